The summed E-state index contributed by atoms with van der Waals surface area (Å²) in [5.41, 5.74) is 2.97. The number of likely N-dealkylation sites (tertiary alicyclic amines) is 1. The van der Waals surface area contributed by atoms with Gasteiger partial charge in [0.05, 0.1) is 6.20 Å². The highest BCUT2D eigenvalue weighted by atomic mass is 15.3. The molecule has 0 aliphatic carbocycles. The topological polar surface area (TPSA) is 27.5 Å². The number of piperazine rings is 1. The van der Waals surface area contributed by atoms with Gasteiger partial charge in [-0.3, -0.25) is 14.5 Å². The molecule has 3 aliphatic rings. The molecule has 4 heterocycles. The van der Waals surface area contributed by atoms with E-state index in [4.69, 9.17) is 0 Å². The summed E-state index contributed by atoms with van der Waals surface area (Å²) in [6.45, 7) is 9.68. The summed E-state index contributed by atoms with van der Waals surface area (Å²) in [6, 6.07) is 0.798. The van der Waals surface area contributed by atoms with Crippen LogP contribution in [0.5, 0.6) is 0 Å². The predicted octanol–water partition coefficient (Wildman–Crippen LogP) is 0.261. The van der Waals surface area contributed by atoms with Crippen LogP contribution in [0.1, 0.15) is 17.7 Å². The first-order chi connectivity index (χ1) is 9.79. The molecule has 0 N–H and O–H groups in total. The molecular weight excluding hydrogens is 250 g/mol. The summed E-state index contributed by atoms with van der Waals surface area (Å²) in [5, 5.41) is 4.50. The van der Waals surface area contributed by atoms with Crippen LogP contribution < -0.4 is 0 Å². The van der Waals surface area contributed by atoms with E-state index < -0.39 is 0 Å². The number of likely N-dealkylation sites (N-methyl/N-ethyl adjacent to an activating group) is 1. The first-order valence-corrected chi connectivity index (χ1v) is 7.98. The molecule has 5 heteroatoms. The van der Waals surface area contributed by atoms with Gasteiger partial charge in [0.2, 0.25) is 0 Å². The number of hydrogen-bond donors (Lipinski definition) is 0. The van der Waals surface area contributed by atoms with E-state index in [1.807, 2.05) is 0 Å². The number of fused-ring (bicyclic) bond motifs is 1. The van der Waals surface area contributed by atoms with E-state index in [0.717, 1.165) is 19.1 Å². The number of rotatable bonds is 3. The monoisotopic (exact) mass is 275 g/mol. The van der Waals surface area contributed by atoms with Gasteiger partial charge >= 0.3 is 0 Å². The Labute approximate surface area is 121 Å². The highest BCUT2D eigenvalue weighted by Gasteiger charge is 2.33. The van der Waals surface area contributed by atoms with E-state index in [1.165, 1.54) is 63.4 Å². The SMILES string of the molecule is CN1CCN(C2CN(Cc3cnn4c3CCC4)C2)CC1. The third-order valence-electron chi connectivity index (χ3n) is 5.20. The molecule has 0 spiro atoms. The van der Waals surface area contributed by atoms with Gasteiger partial charge in [0.15, 0.2) is 0 Å². The van der Waals surface area contributed by atoms with E-state index in [0.29, 0.717) is 0 Å². The van der Waals surface area contributed by atoms with Crippen LogP contribution in [0.15, 0.2) is 6.20 Å². The standard InChI is InChI=1S/C15H25N5/c1-17-5-7-19(8-6-17)14-11-18(12-14)10-13-9-16-20-4-2-3-15(13)20/h9,14H,2-8,10-12H2,1H3. The molecule has 5 nitrogen and oxygen atoms in total. The first kappa shape index (κ1) is 12.8. The maximum atomic E-state index is 4.50. The van der Waals surface area contributed by atoms with Crippen molar-refractivity contribution in [2.24, 2.45) is 0 Å². The maximum Gasteiger partial charge on any atom is 0.0537 e. The minimum Gasteiger partial charge on any atom is -0.304 e. The second-order valence-electron chi connectivity index (χ2n) is 6.63. The van der Waals surface area contributed by atoms with E-state index in [-0.39, 0.29) is 0 Å². The van der Waals surface area contributed by atoms with Crippen LogP contribution in [-0.4, -0.2) is 76.8 Å². The molecule has 2 saturated heterocycles. The Morgan fingerprint density at radius 2 is 1.95 bits per heavy atom. The summed E-state index contributed by atoms with van der Waals surface area (Å²) in [7, 11) is 2.23. The lowest BCUT2D eigenvalue weighted by atomic mass is 10.0. The van der Waals surface area contributed by atoms with Crippen LogP contribution in [0.4, 0.5) is 0 Å². The molecule has 20 heavy (non-hydrogen) atoms. The third kappa shape index (κ3) is 2.28. The molecule has 0 amide bonds. The second kappa shape index (κ2) is 5.13. The molecule has 1 aromatic heterocycles. The molecule has 4 rings (SSSR count). The summed E-state index contributed by atoms with van der Waals surface area (Å²) >= 11 is 0. The summed E-state index contributed by atoms with van der Waals surface area (Å²) in [5.74, 6) is 0. The highest BCUT2D eigenvalue weighted by Crippen LogP contribution is 2.23. The maximum absolute atomic E-state index is 4.50. The number of aromatic nitrogens is 2. The third-order valence-corrected chi connectivity index (χ3v) is 5.20. The highest BCUT2D eigenvalue weighted by molar-refractivity contribution is 5.20. The van der Waals surface area contributed by atoms with Crippen molar-refractivity contribution in [1.29, 1.82) is 0 Å². The molecule has 3 aliphatic heterocycles. The van der Waals surface area contributed by atoms with E-state index >= 15 is 0 Å². The average molecular weight is 275 g/mol. The van der Waals surface area contributed by atoms with Gasteiger partial charge in [-0.25, -0.2) is 0 Å². The Hall–Kier alpha value is -0.910. The first-order valence-electron chi connectivity index (χ1n) is 7.98. The summed E-state index contributed by atoms with van der Waals surface area (Å²) < 4.78 is 2.20. The van der Waals surface area contributed by atoms with E-state index in [2.05, 4.69) is 37.7 Å². The van der Waals surface area contributed by atoms with Gasteiger partial charge in [-0.05, 0) is 19.9 Å². The van der Waals surface area contributed by atoms with Gasteiger partial charge in [-0.1, -0.05) is 0 Å². The number of aryl methyl sites for hydroxylation is 1. The van der Waals surface area contributed by atoms with Crippen molar-refractivity contribution in [2.75, 3.05) is 46.3 Å². The Morgan fingerprint density at radius 3 is 2.75 bits per heavy atom. The average Bonchev–Trinajstić information content (AvgIpc) is 2.99. The normalized spacial score (nSPS) is 25.9. The zero-order chi connectivity index (χ0) is 13.5. The molecule has 0 unspecified atom stereocenters. The number of nitrogens with zero attached hydrogens (tertiary/aromatic N) is 5. The van der Waals surface area contributed by atoms with Crippen molar-refractivity contribution >= 4 is 0 Å². The quantitative estimate of drug-likeness (QED) is 0.791. The molecule has 0 aromatic carbocycles. The lowest BCUT2D eigenvalue weighted by Crippen LogP contribution is -2.62. The second-order valence-corrected chi connectivity index (χ2v) is 6.63. The Kier molecular flexibility index (Phi) is 3.28. The van der Waals surface area contributed by atoms with Gasteiger partial charge in [0.1, 0.15) is 0 Å². The van der Waals surface area contributed by atoms with Crippen LogP contribution in [0, 0.1) is 0 Å². The van der Waals surface area contributed by atoms with Crippen LogP contribution in [0.3, 0.4) is 0 Å². The van der Waals surface area contributed by atoms with Gasteiger partial charge in [0, 0.05) is 69.7 Å². The minimum atomic E-state index is 0.798. The lowest BCUT2D eigenvalue weighted by molar-refractivity contribution is 0.00534. The summed E-state index contributed by atoms with van der Waals surface area (Å²) in [6.07, 6.45) is 4.60. The Balaban J connectivity index is 1.29. The van der Waals surface area contributed by atoms with Crippen LogP contribution in [-0.2, 0) is 19.5 Å². The largest absolute Gasteiger partial charge is 0.304 e. The molecule has 0 radical (unpaired) electrons. The minimum absolute atomic E-state index is 0.798. The lowest BCUT2D eigenvalue weighted by Gasteiger charge is -2.47. The molecule has 2 fully saturated rings. The van der Waals surface area contributed by atoms with Crippen LogP contribution >= 0.6 is 0 Å². The van der Waals surface area contributed by atoms with Crippen molar-refractivity contribution in [3.05, 3.63) is 17.5 Å². The van der Waals surface area contributed by atoms with Crippen LogP contribution in [0.25, 0.3) is 0 Å². The zero-order valence-corrected chi connectivity index (χ0v) is 12.5. The van der Waals surface area contributed by atoms with Crippen molar-refractivity contribution < 1.29 is 0 Å². The molecule has 0 atom stereocenters. The smallest absolute Gasteiger partial charge is 0.0537 e. The number of hydrogen-bond acceptors (Lipinski definition) is 4. The van der Waals surface area contributed by atoms with Crippen molar-refractivity contribution in [3.8, 4) is 0 Å². The molecule has 0 bridgehead atoms. The molecular formula is C15H25N5. The summed E-state index contributed by atoms with van der Waals surface area (Å²) in [4.78, 5) is 7.70. The van der Waals surface area contributed by atoms with Gasteiger partial charge < -0.3 is 4.90 Å². The Morgan fingerprint density at radius 1 is 1.15 bits per heavy atom. The molecule has 0 saturated carbocycles. The van der Waals surface area contributed by atoms with Gasteiger partial charge in [-0.2, -0.15) is 5.10 Å². The van der Waals surface area contributed by atoms with Crippen molar-refractivity contribution in [2.45, 2.75) is 32.0 Å². The van der Waals surface area contributed by atoms with Crippen molar-refractivity contribution in [1.82, 2.24) is 24.5 Å². The van der Waals surface area contributed by atoms with Gasteiger partial charge in [-0.15, -0.1) is 0 Å². The van der Waals surface area contributed by atoms with E-state index in [9.17, 15) is 0 Å². The molecule has 110 valence electrons. The Bertz CT molecular complexity index is 469. The molecule has 1 aromatic rings. The predicted molar refractivity (Wildman–Crippen MR) is 78.7 cm³/mol. The van der Waals surface area contributed by atoms with E-state index in [1.54, 1.807) is 0 Å². The fourth-order valence-electron chi connectivity index (χ4n) is 3.79. The van der Waals surface area contributed by atoms with Crippen LogP contribution in [0.2, 0.25) is 0 Å². The van der Waals surface area contributed by atoms with Gasteiger partial charge in [0.25, 0.3) is 0 Å². The fourth-order valence-corrected chi connectivity index (χ4v) is 3.79. The van der Waals surface area contributed by atoms with Crippen molar-refractivity contribution in [3.63, 3.8) is 0 Å². The zero-order valence-electron chi connectivity index (χ0n) is 12.5. The fraction of sp³-hybridized carbons (Fsp3) is 0.800.